The number of nitrogens with one attached hydrogen (secondary N) is 1. The number of hydrogen-bond acceptors (Lipinski definition) is 2. The molecule has 21 heavy (non-hydrogen) atoms. The topological polar surface area (TPSA) is 42.1 Å². The molecule has 1 aromatic heterocycles. The highest BCUT2D eigenvalue weighted by molar-refractivity contribution is 6.16. The summed E-state index contributed by atoms with van der Waals surface area (Å²) < 4.78 is 31.8. The molecule has 0 aliphatic rings. The number of halogens is 2. The molecule has 0 fully saturated rings. The summed E-state index contributed by atoms with van der Waals surface area (Å²) in [6.45, 7) is 0. The molecule has 0 aliphatic heterocycles. The van der Waals surface area contributed by atoms with Crippen LogP contribution < -0.4 is 4.74 Å². The number of aromatic amines is 1. The van der Waals surface area contributed by atoms with Crippen molar-refractivity contribution in [2.45, 2.75) is 0 Å². The number of fused-ring (bicyclic) bond motifs is 1. The molecule has 3 rings (SSSR count). The van der Waals surface area contributed by atoms with Crippen molar-refractivity contribution in [3.63, 3.8) is 0 Å². The van der Waals surface area contributed by atoms with Gasteiger partial charge in [0.15, 0.2) is 5.78 Å². The van der Waals surface area contributed by atoms with Crippen molar-refractivity contribution in [3.8, 4) is 5.75 Å². The Kier molecular flexibility index (Phi) is 3.17. The Morgan fingerprint density at radius 3 is 2.62 bits per heavy atom. The predicted molar refractivity (Wildman–Crippen MR) is 74.6 cm³/mol. The predicted octanol–water partition coefficient (Wildman–Crippen LogP) is 3.69. The summed E-state index contributed by atoms with van der Waals surface area (Å²) in [6.07, 6.45) is 1.51. The fourth-order valence-electron chi connectivity index (χ4n) is 2.23. The second kappa shape index (κ2) is 5.01. The molecule has 1 heterocycles. The third-order valence-electron chi connectivity index (χ3n) is 3.31. The minimum absolute atomic E-state index is 0.167. The molecular formula is C16H11F2NO2. The quantitative estimate of drug-likeness (QED) is 0.746. The molecule has 3 aromatic rings. The van der Waals surface area contributed by atoms with Gasteiger partial charge in [-0.25, -0.2) is 8.78 Å². The number of benzene rings is 2. The number of carbonyl (C=O) groups excluding carboxylic acids is 1. The lowest BCUT2D eigenvalue weighted by Crippen LogP contribution is -2.04. The van der Waals surface area contributed by atoms with E-state index in [1.54, 1.807) is 18.2 Å². The smallest absolute Gasteiger partial charge is 0.198 e. The maximum Gasteiger partial charge on any atom is 0.198 e. The van der Waals surface area contributed by atoms with E-state index in [1.807, 2.05) is 0 Å². The lowest BCUT2D eigenvalue weighted by atomic mass is 10.0. The van der Waals surface area contributed by atoms with Crippen LogP contribution in [0.15, 0.2) is 42.6 Å². The van der Waals surface area contributed by atoms with E-state index in [-0.39, 0.29) is 5.56 Å². The van der Waals surface area contributed by atoms with Crippen LogP contribution in [0.5, 0.6) is 5.75 Å². The molecule has 3 nitrogen and oxygen atoms in total. The number of ketones is 1. The molecule has 0 radical (unpaired) electrons. The lowest BCUT2D eigenvalue weighted by Gasteiger charge is -2.03. The first-order chi connectivity index (χ1) is 10.1. The third-order valence-corrected chi connectivity index (χ3v) is 3.31. The second-order valence-corrected chi connectivity index (χ2v) is 4.57. The van der Waals surface area contributed by atoms with Crippen LogP contribution in [0.4, 0.5) is 8.78 Å². The van der Waals surface area contributed by atoms with E-state index < -0.39 is 17.4 Å². The van der Waals surface area contributed by atoms with Gasteiger partial charge in [0.1, 0.15) is 17.4 Å². The normalized spacial score (nSPS) is 10.8. The summed E-state index contributed by atoms with van der Waals surface area (Å²) >= 11 is 0. The lowest BCUT2D eigenvalue weighted by molar-refractivity contribution is 0.103. The van der Waals surface area contributed by atoms with E-state index in [1.165, 1.54) is 13.3 Å². The summed E-state index contributed by atoms with van der Waals surface area (Å²) in [4.78, 5) is 15.4. The highest BCUT2D eigenvalue weighted by Gasteiger charge is 2.18. The highest BCUT2D eigenvalue weighted by atomic mass is 19.1. The van der Waals surface area contributed by atoms with Crippen LogP contribution >= 0.6 is 0 Å². The van der Waals surface area contributed by atoms with Gasteiger partial charge in [0.05, 0.1) is 12.7 Å². The number of carbonyl (C=O) groups is 1. The molecule has 2 aromatic carbocycles. The molecule has 0 saturated carbocycles. The fraction of sp³-hybridized carbons (Fsp3) is 0.0625. The molecule has 0 unspecified atom stereocenters. The Labute approximate surface area is 119 Å². The van der Waals surface area contributed by atoms with Gasteiger partial charge in [-0.15, -0.1) is 0 Å². The Morgan fingerprint density at radius 2 is 1.90 bits per heavy atom. The van der Waals surface area contributed by atoms with Gasteiger partial charge >= 0.3 is 0 Å². The van der Waals surface area contributed by atoms with Crippen molar-refractivity contribution in [2.75, 3.05) is 7.11 Å². The number of rotatable bonds is 3. The van der Waals surface area contributed by atoms with Crippen molar-refractivity contribution in [3.05, 3.63) is 65.4 Å². The number of hydrogen-bond donors (Lipinski definition) is 1. The van der Waals surface area contributed by atoms with Crippen molar-refractivity contribution in [1.82, 2.24) is 4.98 Å². The molecule has 1 N–H and O–H groups in total. The average Bonchev–Trinajstić information content (AvgIpc) is 2.89. The van der Waals surface area contributed by atoms with Gasteiger partial charge in [-0.05, 0) is 30.3 Å². The van der Waals surface area contributed by atoms with E-state index in [4.69, 9.17) is 4.74 Å². The summed E-state index contributed by atoms with van der Waals surface area (Å²) in [5.41, 5.74) is 0.885. The molecule has 0 bridgehead atoms. The minimum Gasteiger partial charge on any atom is -0.497 e. The fourth-order valence-corrected chi connectivity index (χ4v) is 2.23. The molecular weight excluding hydrogens is 276 g/mol. The molecule has 0 saturated heterocycles. The zero-order valence-corrected chi connectivity index (χ0v) is 11.1. The first-order valence-corrected chi connectivity index (χ1v) is 6.25. The zero-order valence-electron chi connectivity index (χ0n) is 11.1. The standard InChI is InChI=1S/C16H11F2NO2/c1-21-10-3-5-15-12(7-10)13(8-19-15)16(20)11-4-2-9(17)6-14(11)18/h2-8,19H,1H3. The van der Waals surface area contributed by atoms with Crippen molar-refractivity contribution >= 4 is 16.7 Å². The first kappa shape index (κ1) is 13.3. The largest absolute Gasteiger partial charge is 0.497 e. The van der Waals surface area contributed by atoms with Crippen molar-refractivity contribution in [1.29, 1.82) is 0 Å². The maximum absolute atomic E-state index is 13.7. The van der Waals surface area contributed by atoms with Crippen LogP contribution in [0, 0.1) is 11.6 Å². The summed E-state index contributed by atoms with van der Waals surface area (Å²) in [7, 11) is 1.52. The molecule has 0 amide bonds. The van der Waals surface area contributed by atoms with E-state index in [0.717, 1.165) is 17.6 Å². The third kappa shape index (κ3) is 2.27. The Balaban J connectivity index is 2.13. The van der Waals surface area contributed by atoms with Crippen LogP contribution in [-0.2, 0) is 0 Å². The van der Waals surface area contributed by atoms with E-state index >= 15 is 0 Å². The van der Waals surface area contributed by atoms with Crippen LogP contribution in [0.1, 0.15) is 15.9 Å². The maximum atomic E-state index is 13.7. The van der Waals surface area contributed by atoms with Gasteiger partial charge in [-0.1, -0.05) is 0 Å². The van der Waals surface area contributed by atoms with Gasteiger partial charge in [0, 0.05) is 28.7 Å². The van der Waals surface area contributed by atoms with Crippen LogP contribution in [0.2, 0.25) is 0 Å². The summed E-state index contributed by atoms with van der Waals surface area (Å²) in [5, 5.41) is 0.628. The SMILES string of the molecule is COc1ccc2[nH]cc(C(=O)c3ccc(F)cc3F)c2c1. The molecule has 0 aliphatic carbocycles. The first-order valence-electron chi connectivity index (χ1n) is 6.25. The van der Waals surface area contributed by atoms with Gasteiger partial charge in [-0.2, -0.15) is 0 Å². The highest BCUT2D eigenvalue weighted by Crippen LogP contribution is 2.26. The zero-order chi connectivity index (χ0) is 15.0. The molecule has 0 atom stereocenters. The van der Waals surface area contributed by atoms with Crippen molar-refractivity contribution in [2.24, 2.45) is 0 Å². The van der Waals surface area contributed by atoms with Gasteiger partial charge < -0.3 is 9.72 Å². The van der Waals surface area contributed by atoms with Gasteiger partial charge in [-0.3, -0.25) is 4.79 Å². The van der Waals surface area contributed by atoms with E-state index in [0.29, 0.717) is 22.8 Å². The van der Waals surface area contributed by atoms with Gasteiger partial charge in [0.2, 0.25) is 0 Å². The number of ether oxygens (including phenoxy) is 1. The molecule has 0 spiro atoms. The van der Waals surface area contributed by atoms with Crippen LogP contribution in [-0.4, -0.2) is 17.9 Å². The Hall–Kier alpha value is -2.69. The summed E-state index contributed by atoms with van der Waals surface area (Å²) in [5.74, 6) is -1.51. The number of aromatic nitrogens is 1. The van der Waals surface area contributed by atoms with Crippen molar-refractivity contribution < 1.29 is 18.3 Å². The Morgan fingerprint density at radius 1 is 1.10 bits per heavy atom. The number of methoxy groups -OCH3 is 1. The number of H-pyrrole nitrogens is 1. The molecule has 106 valence electrons. The second-order valence-electron chi connectivity index (χ2n) is 4.57. The van der Waals surface area contributed by atoms with Crippen LogP contribution in [0.25, 0.3) is 10.9 Å². The van der Waals surface area contributed by atoms with Crippen LogP contribution in [0.3, 0.4) is 0 Å². The minimum atomic E-state index is -0.878. The molecule has 5 heteroatoms. The van der Waals surface area contributed by atoms with E-state index in [2.05, 4.69) is 4.98 Å². The monoisotopic (exact) mass is 287 g/mol. The Bertz CT molecular complexity index is 839. The van der Waals surface area contributed by atoms with E-state index in [9.17, 15) is 13.6 Å². The van der Waals surface area contributed by atoms with Gasteiger partial charge in [0.25, 0.3) is 0 Å². The average molecular weight is 287 g/mol. The summed E-state index contributed by atoms with van der Waals surface area (Å²) in [6, 6.07) is 8.12.